The maximum absolute atomic E-state index is 15.7. The smallest absolute Gasteiger partial charge is 0.469 e. The highest BCUT2D eigenvalue weighted by Crippen LogP contribution is 2.44. The molecule has 7 aromatic heterocycles. The molecule has 534 valence electrons. The van der Waals surface area contributed by atoms with Gasteiger partial charge in [-0.05, 0) is 74.9 Å². The Kier molecular flexibility index (Phi) is 22.5. The SMILES string of the molecule is CCOC(=O)Oc1ccc(C[C@@H]2NC(=O)c3csc(n3)[C@H]([C@H](OC(C)=O)c3ccccc3)NC(=O)c3nc(sc3C)[C@H](CC(N)=O)NC(=O)c3csc(n3)-c3ccc(-c4nc(NC(=O)O[C@H]5CC[C@H](C(=O)OC)CC5)cs4)nc3-c3csc(n3)-c3csc(n3)[C@@H]3[C@@H](C)[C@@H](OC(C)=O)CN3C2=O)cc1. The number of rotatable bonds is 14. The van der Waals surface area contributed by atoms with Gasteiger partial charge in [-0.1, -0.05) is 49.4 Å². The zero-order chi connectivity index (χ0) is 72.8. The van der Waals surface area contributed by atoms with E-state index in [0.29, 0.717) is 90.1 Å². The van der Waals surface area contributed by atoms with E-state index in [1.54, 1.807) is 84.6 Å². The molecule has 6 amide bonds. The number of amides is 6. The topological polar surface area (TPSA) is 394 Å². The number of nitrogens with two attached hydrogens (primary N) is 1. The third-order valence-electron chi connectivity index (χ3n) is 16.9. The molecule has 3 aliphatic rings. The molecule has 9 aromatic rings. The molecule has 1 aliphatic carbocycles. The summed E-state index contributed by atoms with van der Waals surface area (Å²) in [5, 5.41) is 21.4. The fraction of sp³-hybridized carbons (Fsp3) is 0.338. The number of hydrogen-bond acceptors (Lipinski definition) is 29. The van der Waals surface area contributed by atoms with Crippen molar-refractivity contribution in [1.82, 2.24) is 55.7 Å². The van der Waals surface area contributed by atoms with Crippen LogP contribution in [0.4, 0.5) is 15.4 Å². The van der Waals surface area contributed by atoms with Gasteiger partial charge in [0.15, 0.2) is 6.10 Å². The predicted molar refractivity (Wildman–Crippen MR) is 379 cm³/mol. The van der Waals surface area contributed by atoms with Gasteiger partial charge in [-0.2, -0.15) is 0 Å². The highest BCUT2D eigenvalue weighted by Gasteiger charge is 2.48. The number of methoxy groups -OCH3 is 1. The number of benzene rings is 2. The lowest BCUT2D eigenvalue weighted by molar-refractivity contribution is -0.149. The summed E-state index contributed by atoms with van der Waals surface area (Å²) >= 11 is 6.76. The Morgan fingerprint density at radius 3 is 2.04 bits per heavy atom. The second-order valence-electron chi connectivity index (χ2n) is 24.0. The van der Waals surface area contributed by atoms with Crippen LogP contribution in [-0.2, 0) is 54.1 Å². The molecule has 1 saturated carbocycles. The van der Waals surface area contributed by atoms with Crippen molar-refractivity contribution < 1.29 is 76.4 Å². The normalized spacial score (nSPS) is 20.2. The number of anilines is 1. The van der Waals surface area contributed by atoms with Crippen molar-refractivity contribution >= 4 is 134 Å². The number of carbonyl (C=O) groups excluding carboxylic acids is 10. The number of carbonyl (C=O) groups is 10. The average molecular weight is 1510 g/mol. The average Bonchev–Trinajstić information content (AvgIpc) is 1.64. The fourth-order valence-electron chi connectivity index (χ4n) is 12.1. The number of pyridine rings is 1. The number of aryl methyl sites for hydroxylation is 1. The van der Waals surface area contributed by atoms with Gasteiger partial charge in [-0.3, -0.25) is 43.7 Å². The number of aromatic nitrogens is 7. The Hall–Kier alpha value is -10.3. The molecule has 29 nitrogen and oxygen atoms in total. The van der Waals surface area contributed by atoms with Crippen molar-refractivity contribution in [3.63, 3.8) is 0 Å². The van der Waals surface area contributed by atoms with Crippen molar-refractivity contribution in [2.75, 3.05) is 25.6 Å². The van der Waals surface area contributed by atoms with E-state index in [2.05, 4.69) is 31.2 Å². The molecular weight excluding hydrogens is 1450 g/mol. The number of primary amides is 1. The Morgan fingerprint density at radius 1 is 0.660 bits per heavy atom. The van der Waals surface area contributed by atoms with Crippen molar-refractivity contribution in [1.29, 1.82) is 0 Å². The van der Waals surface area contributed by atoms with Gasteiger partial charge in [0.05, 0.1) is 50.4 Å². The molecule has 10 bridgehead atoms. The van der Waals surface area contributed by atoms with Crippen molar-refractivity contribution in [2.45, 2.75) is 116 Å². The molecule has 0 radical (unpaired) electrons. The summed E-state index contributed by atoms with van der Waals surface area (Å²) in [7, 11) is 1.35. The molecule has 2 aliphatic heterocycles. The Balaban J connectivity index is 0.941. The van der Waals surface area contributed by atoms with Crippen molar-refractivity contribution in [2.24, 2.45) is 17.6 Å². The third kappa shape index (κ3) is 16.9. The number of ether oxygens (including phenoxy) is 6. The van der Waals surface area contributed by atoms with E-state index in [-0.39, 0.29) is 70.1 Å². The van der Waals surface area contributed by atoms with Gasteiger partial charge in [0.2, 0.25) is 11.8 Å². The first-order valence-electron chi connectivity index (χ1n) is 32.2. The summed E-state index contributed by atoms with van der Waals surface area (Å²) < 4.78 is 32.7. The van der Waals surface area contributed by atoms with Gasteiger partial charge in [-0.25, -0.2) is 44.5 Å². The zero-order valence-corrected chi connectivity index (χ0v) is 60.6. The molecule has 0 spiro atoms. The van der Waals surface area contributed by atoms with Crippen LogP contribution in [0.5, 0.6) is 5.75 Å². The van der Waals surface area contributed by atoms with Gasteiger partial charge in [0, 0.05) is 63.5 Å². The molecule has 2 aromatic carbocycles. The van der Waals surface area contributed by atoms with Gasteiger partial charge >= 0.3 is 30.2 Å². The van der Waals surface area contributed by atoms with Crippen molar-refractivity contribution in [3.05, 3.63) is 142 Å². The first-order chi connectivity index (χ1) is 49.6. The molecule has 103 heavy (non-hydrogen) atoms. The lowest BCUT2D eigenvalue weighted by Crippen LogP contribution is -2.50. The van der Waals surface area contributed by atoms with Gasteiger partial charge in [0.25, 0.3) is 17.7 Å². The molecule has 12 rings (SSSR count). The van der Waals surface area contributed by atoms with Gasteiger partial charge in [0.1, 0.15) is 100 Å². The second kappa shape index (κ2) is 31.9. The Bertz CT molecular complexity index is 4700. The quantitative estimate of drug-likeness (QED) is 0.0383. The van der Waals surface area contributed by atoms with Crippen LogP contribution in [0.2, 0.25) is 0 Å². The summed E-state index contributed by atoms with van der Waals surface area (Å²) in [5.41, 5.74) is 8.28. The summed E-state index contributed by atoms with van der Waals surface area (Å²) in [6.07, 6.45) is -2.74. The number of nitrogens with zero attached hydrogens (tertiary/aromatic N) is 8. The van der Waals surface area contributed by atoms with Crippen molar-refractivity contribution in [3.8, 4) is 49.1 Å². The van der Waals surface area contributed by atoms with Crippen LogP contribution >= 0.6 is 68.0 Å². The van der Waals surface area contributed by atoms with Crippen LogP contribution in [-0.4, -0.2) is 138 Å². The first kappa shape index (κ1) is 72.5. The minimum atomic E-state index is -1.37. The van der Waals surface area contributed by atoms with E-state index >= 15 is 4.79 Å². The third-order valence-corrected chi connectivity index (χ3v) is 22.5. The molecule has 6 N–H and O–H groups in total. The summed E-state index contributed by atoms with van der Waals surface area (Å²) in [6, 6.07) is 13.5. The van der Waals surface area contributed by atoms with E-state index < -0.39 is 109 Å². The first-order valence-corrected chi connectivity index (χ1v) is 37.4. The van der Waals surface area contributed by atoms with E-state index in [4.69, 9.17) is 59.1 Å². The van der Waals surface area contributed by atoms with E-state index in [1.807, 2.05) is 6.92 Å². The molecule has 2 fully saturated rings. The van der Waals surface area contributed by atoms with Crippen LogP contribution in [0.1, 0.15) is 147 Å². The lowest BCUT2D eigenvalue weighted by Gasteiger charge is -2.29. The highest BCUT2D eigenvalue weighted by molar-refractivity contribution is 7.15. The molecule has 0 unspecified atom stereocenters. The maximum Gasteiger partial charge on any atom is 0.513 e. The molecule has 9 heterocycles. The van der Waals surface area contributed by atoms with E-state index in [9.17, 15) is 43.2 Å². The van der Waals surface area contributed by atoms with Crippen LogP contribution in [0.15, 0.2) is 93.6 Å². The largest absolute Gasteiger partial charge is 0.513 e. The van der Waals surface area contributed by atoms with Crippen LogP contribution in [0, 0.1) is 18.8 Å². The van der Waals surface area contributed by atoms with E-state index in [0.717, 1.165) is 34.0 Å². The lowest BCUT2D eigenvalue weighted by atomic mass is 9.87. The number of esters is 3. The predicted octanol–water partition coefficient (Wildman–Crippen LogP) is 10.5. The number of hydrogen-bond donors (Lipinski definition) is 5. The zero-order valence-electron chi connectivity index (χ0n) is 55.7. The minimum absolute atomic E-state index is 0.0584. The molecule has 1 saturated heterocycles. The van der Waals surface area contributed by atoms with Crippen LogP contribution < -0.4 is 31.7 Å². The fourth-order valence-corrected chi connectivity index (χ4v) is 17.3. The number of thiazole rings is 6. The summed E-state index contributed by atoms with van der Waals surface area (Å²) in [4.78, 5) is 172. The van der Waals surface area contributed by atoms with E-state index in [1.165, 1.54) is 82.8 Å². The summed E-state index contributed by atoms with van der Waals surface area (Å²) in [5.74, 6) is -5.83. The number of nitrogens with one attached hydrogen (secondary N) is 4. The highest BCUT2D eigenvalue weighted by atomic mass is 32.1. The number of fused-ring (bicyclic) bond motifs is 16. The molecular formula is C68H65N13O16S6. The van der Waals surface area contributed by atoms with Crippen LogP contribution in [0.25, 0.3) is 43.4 Å². The van der Waals surface area contributed by atoms with Crippen LogP contribution in [0.3, 0.4) is 0 Å². The molecule has 35 heteroatoms. The standard InChI is InChI=1S/C68H65N13O16S6/c1-7-93-68(91)97-39-17-13-35(14-18-39)23-43-65(88)81-25-48(94-33(4)82)31(2)54(81)64-76-47(29-101-64)61-73-44(26-99-61)52-40(21-22-41(70-52)60-77-50(30-102-60)78-67(90)96-38-19-15-37(16-20-38)66(89)92-6)59-74-45(27-98-59)56(85)71-42(24-49(69)84)62-80-51(32(3)103-62)58(87)79-53(63-75-46(28-100-63)57(86)72-43)55(95-34(5)83)36-11-9-8-10-12-36/h8-14,17-18,21-22,26-31,37-38,42-43,48,53-55H,7,15-16,19-20,23-25H2,1-6H3,(H2,69,84)(H,71,85)(H,72,86)(H,78,90)(H,79,87)/t31-,37-,38-,42-,43-,48-,53-,54-,55+/m0/s1. The minimum Gasteiger partial charge on any atom is -0.469 e. The maximum atomic E-state index is 15.7. The summed E-state index contributed by atoms with van der Waals surface area (Å²) in [6.45, 7) is 7.49. The monoisotopic (exact) mass is 1510 g/mol. The molecule has 7 atom stereocenters. The van der Waals surface area contributed by atoms with Gasteiger partial charge in [-0.15, -0.1) is 68.0 Å². The Morgan fingerprint density at radius 2 is 1.32 bits per heavy atom. The van der Waals surface area contributed by atoms with Gasteiger partial charge < -0.3 is 55.0 Å². The Labute approximate surface area is 611 Å². The second-order valence-corrected chi connectivity index (χ2v) is 29.6.